The van der Waals surface area contributed by atoms with Gasteiger partial charge < -0.3 is 15.1 Å². The van der Waals surface area contributed by atoms with Gasteiger partial charge in [-0.05, 0) is 36.8 Å². The van der Waals surface area contributed by atoms with Crippen molar-refractivity contribution in [3.63, 3.8) is 0 Å². The van der Waals surface area contributed by atoms with Gasteiger partial charge in [-0.3, -0.25) is 14.6 Å². The molecule has 0 bridgehead atoms. The molecule has 1 aliphatic rings. The van der Waals surface area contributed by atoms with Crippen LogP contribution >= 0.6 is 11.8 Å². The van der Waals surface area contributed by atoms with Crippen molar-refractivity contribution in [1.29, 1.82) is 0 Å². The number of rotatable bonds is 8. The lowest BCUT2D eigenvalue weighted by Crippen LogP contribution is -2.48. The molecule has 1 saturated heterocycles. The summed E-state index contributed by atoms with van der Waals surface area (Å²) in [6.07, 6.45) is 2.45. The van der Waals surface area contributed by atoms with Crippen molar-refractivity contribution in [1.82, 2.24) is 25.2 Å². The van der Waals surface area contributed by atoms with Crippen molar-refractivity contribution in [3.05, 3.63) is 77.2 Å². The van der Waals surface area contributed by atoms with Gasteiger partial charge in [-0.15, -0.1) is 0 Å². The number of aryl methyl sites for hydroxylation is 1. The van der Waals surface area contributed by atoms with Crippen molar-refractivity contribution in [2.45, 2.75) is 31.2 Å². The van der Waals surface area contributed by atoms with Crippen LogP contribution in [0.15, 0.2) is 59.9 Å². The fourth-order valence-corrected chi connectivity index (χ4v) is 4.75. The maximum absolute atomic E-state index is 12.6. The van der Waals surface area contributed by atoms with Crippen LogP contribution in [0.5, 0.6) is 0 Å². The lowest BCUT2D eigenvalue weighted by Gasteiger charge is -2.35. The summed E-state index contributed by atoms with van der Waals surface area (Å²) in [6.45, 7) is 7.05. The highest BCUT2D eigenvalue weighted by molar-refractivity contribution is 7.98. The summed E-state index contributed by atoms with van der Waals surface area (Å²) in [5, 5.41) is 3.68. The van der Waals surface area contributed by atoms with E-state index in [4.69, 9.17) is 4.98 Å². The topological polar surface area (TPSA) is 91.3 Å². The number of aromatic nitrogens is 3. The maximum Gasteiger partial charge on any atom is 0.251 e. The molecule has 0 radical (unpaired) electrons. The predicted octanol–water partition coefficient (Wildman–Crippen LogP) is 3.11. The minimum atomic E-state index is -0.0911. The van der Waals surface area contributed by atoms with Crippen molar-refractivity contribution in [2.24, 2.45) is 0 Å². The molecule has 2 aromatic heterocycles. The van der Waals surface area contributed by atoms with Gasteiger partial charge in [0.25, 0.3) is 5.91 Å². The zero-order chi connectivity index (χ0) is 24.6. The number of anilines is 1. The molecule has 182 valence electrons. The number of nitrogens with one attached hydrogen (secondary N) is 1. The zero-order valence-corrected chi connectivity index (χ0v) is 20.9. The number of carbonyl (C=O) groups is 2. The van der Waals surface area contributed by atoms with Gasteiger partial charge in [0.15, 0.2) is 5.16 Å². The molecule has 35 heavy (non-hydrogen) atoms. The first-order valence-corrected chi connectivity index (χ1v) is 12.7. The summed E-state index contributed by atoms with van der Waals surface area (Å²) in [6, 6.07) is 15.4. The Morgan fingerprint density at radius 1 is 1.03 bits per heavy atom. The third-order valence-corrected chi connectivity index (χ3v) is 6.74. The lowest BCUT2D eigenvalue weighted by atomic mass is 10.1. The molecule has 1 fully saturated rings. The summed E-state index contributed by atoms with van der Waals surface area (Å²) in [7, 11) is 0. The summed E-state index contributed by atoms with van der Waals surface area (Å²) >= 11 is 1.55. The second kappa shape index (κ2) is 11.8. The number of benzene rings is 1. The number of hydrogen-bond acceptors (Lipinski definition) is 7. The Morgan fingerprint density at radius 2 is 1.86 bits per heavy atom. The number of piperazine rings is 1. The molecule has 3 aromatic rings. The minimum Gasteiger partial charge on any atom is -0.353 e. The molecule has 9 heteroatoms. The summed E-state index contributed by atoms with van der Waals surface area (Å²) in [4.78, 5) is 41.9. The smallest absolute Gasteiger partial charge is 0.251 e. The standard InChI is InChI=1S/C26H30N6O2S/c1-19-16-24(32-14-12-31(13-15-32)20(2)33)30-26(29-19)35-18-21-6-5-7-22(17-21)25(34)28-11-9-23-8-3-4-10-27-23/h3-8,10,16-17H,9,11-15,18H2,1-2H3,(H,28,34). The van der Waals surface area contributed by atoms with Crippen molar-refractivity contribution in [2.75, 3.05) is 37.6 Å². The third kappa shape index (κ3) is 7.02. The molecule has 1 N–H and O–H groups in total. The molecular weight excluding hydrogens is 460 g/mol. The zero-order valence-electron chi connectivity index (χ0n) is 20.1. The van der Waals surface area contributed by atoms with E-state index in [9.17, 15) is 9.59 Å². The van der Waals surface area contributed by atoms with E-state index in [2.05, 4.69) is 20.2 Å². The molecule has 8 nitrogen and oxygen atoms in total. The fourth-order valence-electron chi connectivity index (χ4n) is 3.90. The van der Waals surface area contributed by atoms with Crippen LogP contribution in [0.2, 0.25) is 0 Å². The van der Waals surface area contributed by atoms with Gasteiger partial charge in [0, 0.05) is 81.0 Å². The largest absolute Gasteiger partial charge is 0.353 e. The van der Waals surface area contributed by atoms with E-state index >= 15 is 0 Å². The summed E-state index contributed by atoms with van der Waals surface area (Å²) in [5.74, 6) is 1.58. The fraction of sp³-hybridized carbons (Fsp3) is 0.346. The number of thioether (sulfide) groups is 1. The number of hydrogen-bond donors (Lipinski definition) is 1. The van der Waals surface area contributed by atoms with Crippen molar-refractivity contribution < 1.29 is 9.59 Å². The Hall–Kier alpha value is -3.46. The molecular formula is C26H30N6O2S. The highest BCUT2D eigenvalue weighted by Crippen LogP contribution is 2.24. The van der Waals surface area contributed by atoms with Crippen LogP contribution in [0, 0.1) is 6.92 Å². The minimum absolute atomic E-state index is 0.0911. The molecule has 1 aromatic carbocycles. The molecule has 0 unspecified atom stereocenters. The van der Waals surface area contributed by atoms with E-state index in [0.29, 0.717) is 42.5 Å². The van der Waals surface area contributed by atoms with Gasteiger partial charge >= 0.3 is 0 Å². The number of amides is 2. The second-order valence-electron chi connectivity index (χ2n) is 8.46. The molecule has 0 aliphatic carbocycles. The van der Waals surface area contributed by atoms with Crippen molar-refractivity contribution in [3.8, 4) is 0 Å². The van der Waals surface area contributed by atoms with Gasteiger partial charge in [0.1, 0.15) is 5.82 Å². The third-order valence-electron chi connectivity index (χ3n) is 5.82. The number of nitrogens with zero attached hydrogens (tertiary/aromatic N) is 5. The van der Waals surface area contributed by atoms with Crippen LogP contribution in [0.4, 0.5) is 5.82 Å². The Labute approximate surface area is 210 Å². The Balaban J connectivity index is 1.33. The van der Waals surface area contributed by atoms with Gasteiger partial charge in [-0.1, -0.05) is 30.0 Å². The van der Waals surface area contributed by atoms with E-state index in [1.54, 1.807) is 24.9 Å². The molecule has 0 spiro atoms. The SMILES string of the molecule is CC(=O)N1CCN(c2cc(C)nc(SCc3cccc(C(=O)NCCc4ccccn4)c3)n2)CC1. The predicted molar refractivity (Wildman–Crippen MR) is 138 cm³/mol. The van der Waals surface area contributed by atoms with E-state index in [0.717, 1.165) is 35.9 Å². The van der Waals surface area contributed by atoms with Crippen LogP contribution in [-0.2, 0) is 17.0 Å². The summed E-state index contributed by atoms with van der Waals surface area (Å²) in [5.41, 5.74) is 3.54. The molecule has 2 amide bonds. The monoisotopic (exact) mass is 490 g/mol. The first-order valence-electron chi connectivity index (χ1n) is 11.7. The molecule has 0 atom stereocenters. The Kier molecular flexibility index (Phi) is 8.31. The molecule has 0 saturated carbocycles. The normalized spacial score (nSPS) is 13.5. The quantitative estimate of drug-likeness (QED) is 0.383. The Morgan fingerprint density at radius 3 is 2.60 bits per heavy atom. The molecule has 3 heterocycles. The van der Waals surface area contributed by atoms with Crippen LogP contribution in [-0.4, -0.2) is 64.4 Å². The second-order valence-corrected chi connectivity index (χ2v) is 9.40. The Bertz CT molecular complexity index is 1170. The van der Waals surface area contributed by atoms with E-state index < -0.39 is 0 Å². The highest BCUT2D eigenvalue weighted by Gasteiger charge is 2.20. The van der Waals surface area contributed by atoms with E-state index in [1.165, 1.54) is 0 Å². The van der Waals surface area contributed by atoms with Gasteiger partial charge in [0.2, 0.25) is 5.91 Å². The maximum atomic E-state index is 12.6. The number of pyridine rings is 1. The average Bonchev–Trinajstić information content (AvgIpc) is 2.88. The van der Waals surface area contributed by atoms with E-state index in [-0.39, 0.29) is 11.8 Å². The van der Waals surface area contributed by atoms with Gasteiger partial charge in [-0.25, -0.2) is 9.97 Å². The van der Waals surface area contributed by atoms with Crippen LogP contribution in [0.1, 0.15) is 34.2 Å². The van der Waals surface area contributed by atoms with Crippen molar-refractivity contribution >= 4 is 29.4 Å². The first-order chi connectivity index (χ1) is 17.0. The van der Waals surface area contributed by atoms with Gasteiger partial charge in [-0.2, -0.15) is 0 Å². The van der Waals surface area contributed by atoms with Crippen LogP contribution in [0.3, 0.4) is 0 Å². The average molecular weight is 491 g/mol. The highest BCUT2D eigenvalue weighted by atomic mass is 32.2. The van der Waals surface area contributed by atoms with Gasteiger partial charge in [0.05, 0.1) is 0 Å². The lowest BCUT2D eigenvalue weighted by molar-refractivity contribution is -0.129. The molecule has 4 rings (SSSR count). The van der Waals surface area contributed by atoms with E-state index in [1.807, 2.05) is 60.4 Å². The first kappa shape index (κ1) is 24.7. The molecule has 1 aliphatic heterocycles. The summed E-state index contributed by atoms with van der Waals surface area (Å²) < 4.78 is 0. The van der Waals surface area contributed by atoms with Crippen LogP contribution < -0.4 is 10.2 Å². The van der Waals surface area contributed by atoms with Crippen LogP contribution in [0.25, 0.3) is 0 Å². The number of carbonyl (C=O) groups excluding carboxylic acids is 2.